The van der Waals surface area contributed by atoms with Gasteiger partial charge in [0.1, 0.15) is 11.5 Å². The molecule has 0 fully saturated rings. The number of amides is 1. The van der Waals surface area contributed by atoms with Gasteiger partial charge in [0.25, 0.3) is 5.91 Å². The molecule has 1 amide bonds. The quantitative estimate of drug-likeness (QED) is 0.573. The second-order valence-corrected chi connectivity index (χ2v) is 5.33. The van der Waals surface area contributed by atoms with Gasteiger partial charge in [-0.05, 0) is 22.9 Å². The van der Waals surface area contributed by atoms with E-state index in [0.717, 1.165) is 16.3 Å². The van der Waals surface area contributed by atoms with Gasteiger partial charge in [-0.25, -0.2) is 5.43 Å². The van der Waals surface area contributed by atoms with E-state index < -0.39 is 0 Å². The summed E-state index contributed by atoms with van der Waals surface area (Å²) in [6.45, 7) is 0. The molecule has 0 radical (unpaired) electrons. The summed E-state index contributed by atoms with van der Waals surface area (Å²) in [5, 5.41) is 6.27. The molecular weight excluding hydrogens is 316 g/mol. The van der Waals surface area contributed by atoms with E-state index in [0.29, 0.717) is 17.1 Å². The Hall–Kier alpha value is -3.34. The molecule has 0 aliphatic heterocycles. The summed E-state index contributed by atoms with van der Waals surface area (Å²) in [6, 6.07) is 19.0. The van der Waals surface area contributed by atoms with E-state index in [1.165, 1.54) is 7.11 Å². The third-order valence-corrected chi connectivity index (χ3v) is 3.85. The van der Waals surface area contributed by atoms with E-state index in [-0.39, 0.29) is 5.91 Å². The van der Waals surface area contributed by atoms with Crippen molar-refractivity contribution in [3.8, 4) is 11.5 Å². The third kappa shape index (κ3) is 3.61. The van der Waals surface area contributed by atoms with Crippen LogP contribution in [0.5, 0.6) is 11.5 Å². The van der Waals surface area contributed by atoms with Crippen LogP contribution < -0.4 is 14.9 Å². The van der Waals surface area contributed by atoms with Crippen LogP contribution in [0.25, 0.3) is 10.8 Å². The van der Waals surface area contributed by atoms with Crippen LogP contribution in [0.3, 0.4) is 0 Å². The molecule has 3 aromatic rings. The highest BCUT2D eigenvalue weighted by Crippen LogP contribution is 2.24. The molecule has 1 N–H and O–H groups in total. The minimum Gasteiger partial charge on any atom is -0.497 e. The van der Waals surface area contributed by atoms with Crippen LogP contribution in [0.4, 0.5) is 0 Å². The zero-order valence-corrected chi connectivity index (χ0v) is 14.0. The van der Waals surface area contributed by atoms with E-state index in [1.54, 1.807) is 31.5 Å². The van der Waals surface area contributed by atoms with Gasteiger partial charge in [0.05, 0.1) is 26.0 Å². The normalized spacial score (nSPS) is 10.8. The lowest BCUT2D eigenvalue weighted by Crippen LogP contribution is -2.18. The predicted octanol–water partition coefficient (Wildman–Crippen LogP) is 3.62. The molecule has 0 bridgehead atoms. The second-order valence-electron chi connectivity index (χ2n) is 5.33. The van der Waals surface area contributed by atoms with E-state index in [4.69, 9.17) is 9.47 Å². The Labute approximate surface area is 145 Å². The highest BCUT2D eigenvalue weighted by atomic mass is 16.5. The van der Waals surface area contributed by atoms with Crippen molar-refractivity contribution in [2.45, 2.75) is 0 Å². The molecule has 0 aliphatic carbocycles. The number of methoxy groups -OCH3 is 2. The molecule has 0 saturated heterocycles. The summed E-state index contributed by atoms with van der Waals surface area (Å²) in [5.74, 6) is 0.695. The van der Waals surface area contributed by atoms with E-state index in [2.05, 4.69) is 10.5 Å². The molecular formula is C20H18N2O3. The Kier molecular flexibility index (Phi) is 4.95. The molecule has 0 aromatic heterocycles. The number of hydrogen-bond donors (Lipinski definition) is 1. The number of fused-ring (bicyclic) bond motifs is 1. The van der Waals surface area contributed by atoms with Crippen LogP contribution in [0.15, 0.2) is 65.8 Å². The van der Waals surface area contributed by atoms with Crippen molar-refractivity contribution in [3.63, 3.8) is 0 Å². The lowest BCUT2D eigenvalue weighted by Gasteiger charge is -2.09. The van der Waals surface area contributed by atoms with Crippen LogP contribution in [-0.2, 0) is 0 Å². The fourth-order valence-corrected chi connectivity index (χ4v) is 2.57. The molecule has 5 nitrogen and oxygen atoms in total. The first-order valence-corrected chi connectivity index (χ1v) is 7.76. The highest BCUT2D eigenvalue weighted by molar-refractivity contribution is 6.01. The Balaban J connectivity index is 1.79. The monoisotopic (exact) mass is 334 g/mol. The standard InChI is InChI=1S/C20H18N2O3/c1-24-16-10-11-18(19(12-16)25-2)20(23)22-21-13-15-8-5-7-14-6-3-4-9-17(14)15/h3-13H,1-2H3,(H,22,23). The topological polar surface area (TPSA) is 59.9 Å². The fourth-order valence-electron chi connectivity index (χ4n) is 2.57. The summed E-state index contributed by atoms with van der Waals surface area (Å²) in [4.78, 5) is 12.3. The molecule has 0 atom stereocenters. The molecule has 25 heavy (non-hydrogen) atoms. The molecule has 3 rings (SSSR count). The first-order valence-electron chi connectivity index (χ1n) is 7.76. The zero-order chi connectivity index (χ0) is 17.6. The maximum atomic E-state index is 12.3. The second kappa shape index (κ2) is 7.49. The minimum atomic E-state index is -0.351. The minimum absolute atomic E-state index is 0.351. The molecule has 0 saturated carbocycles. The number of hydrogen-bond acceptors (Lipinski definition) is 4. The number of rotatable bonds is 5. The summed E-state index contributed by atoms with van der Waals surface area (Å²) >= 11 is 0. The summed E-state index contributed by atoms with van der Waals surface area (Å²) in [6.07, 6.45) is 1.64. The maximum Gasteiger partial charge on any atom is 0.275 e. The van der Waals surface area contributed by atoms with Crippen LogP contribution in [0.2, 0.25) is 0 Å². The van der Waals surface area contributed by atoms with Gasteiger partial charge in [0.15, 0.2) is 0 Å². The summed E-state index contributed by atoms with van der Waals surface area (Å²) < 4.78 is 10.4. The number of benzene rings is 3. The average Bonchev–Trinajstić information content (AvgIpc) is 2.67. The van der Waals surface area contributed by atoms with Crippen molar-refractivity contribution >= 4 is 22.9 Å². The van der Waals surface area contributed by atoms with Gasteiger partial charge in [0, 0.05) is 11.6 Å². The van der Waals surface area contributed by atoms with Crippen molar-refractivity contribution in [3.05, 3.63) is 71.8 Å². The van der Waals surface area contributed by atoms with E-state index in [1.807, 2.05) is 42.5 Å². The third-order valence-electron chi connectivity index (χ3n) is 3.85. The fraction of sp³-hybridized carbons (Fsp3) is 0.100. The van der Waals surface area contributed by atoms with Crippen molar-refractivity contribution in [2.24, 2.45) is 5.10 Å². The molecule has 5 heteroatoms. The molecule has 0 heterocycles. The Morgan fingerprint density at radius 3 is 2.60 bits per heavy atom. The predicted molar refractivity (Wildman–Crippen MR) is 98.6 cm³/mol. The van der Waals surface area contributed by atoms with Crippen molar-refractivity contribution in [1.29, 1.82) is 0 Å². The first kappa shape index (κ1) is 16.5. The smallest absolute Gasteiger partial charge is 0.275 e. The molecule has 3 aromatic carbocycles. The largest absolute Gasteiger partial charge is 0.497 e. The molecule has 0 spiro atoms. The van der Waals surface area contributed by atoms with Gasteiger partial charge < -0.3 is 9.47 Å². The Bertz CT molecular complexity index is 930. The Morgan fingerprint density at radius 1 is 1.00 bits per heavy atom. The number of carbonyl (C=O) groups is 1. The molecule has 126 valence electrons. The molecule has 0 unspecified atom stereocenters. The average molecular weight is 334 g/mol. The highest BCUT2D eigenvalue weighted by Gasteiger charge is 2.12. The van der Waals surface area contributed by atoms with Crippen LogP contribution in [-0.4, -0.2) is 26.3 Å². The summed E-state index contributed by atoms with van der Waals surface area (Å²) in [5.41, 5.74) is 3.85. The van der Waals surface area contributed by atoms with Gasteiger partial charge in [-0.1, -0.05) is 42.5 Å². The Morgan fingerprint density at radius 2 is 1.80 bits per heavy atom. The SMILES string of the molecule is COc1ccc(C(=O)NN=Cc2cccc3ccccc23)c(OC)c1. The lowest BCUT2D eigenvalue weighted by atomic mass is 10.1. The van der Waals surface area contributed by atoms with Crippen LogP contribution in [0, 0.1) is 0 Å². The number of ether oxygens (including phenoxy) is 2. The van der Waals surface area contributed by atoms with E-state index in [9.17, 15) is 4.79 Å². The molecule has 0 aliphatic rings. The van der Waals surface area contributed by atoms with Gasteiger partial charge in [-0.15, -0.1) is 0 Å². The van der Waals surface area contributed by atoms with Gasteiger partial charge in [-0.2, -0.15) is 5.10 Å². The first-order chi connectivity index (χ1) is 12.2. The zero-order valence-electron chi connectivity index (χ0n) is 14.0. The van der Waals surface area contributed by atoms with Crippen LogP contribution >= 0.6 is 0 Å². The number of nitrogens with zero attached hydrogens (tertiary/aromatic N) is 1. The number of nitrogens with one attached hydrogen (secondary N) is 1. The van der Waals surface area contributed by atoms with Crippen molar-refractivity contribution in [2.75, 3.05) is 14.2 Å². The van der Waals surface area contributed by atoms with Crippen molar-refractivity contribution in [1.82, 2.24) is 5.43 Å². The van der Waals surface area contributed by atoms with Crippen molar-refractivity contribution < 1.29 is 14.3 Å². The van der Waals surface area contributed by atoms with Crippen LogP contribution in [0.1, 0.15) is 15.9 Å². The van der Waals surface area contributed by atoms with Gasteiger partial charge >= 0.3 is 0 Å². The van der Waals surface area contributed by atoms with Gasteiger partial charge in [0.2, 0.25) is 0 Å². The summed E-state index contributed by atoms with van der Waals surface area (Å²) in [7, 11) is 3.06. The maximum absolute atomic E-state index is 12.3. The number of hydrazone groups is 1. The van der Waals surface area contributed by atoms with E-state index >= 15 is 0 Å². The lowest BCUT2D eigenvalue weighted by molar-refractivity contribution is 0.0952. The van der Waals surface area contributed by atoms with Gasteiger partial charge in [-0.3, -0.25) is 4.79 Å². The number of carbonyl (C=O) groups excluding carboxylic acids is 1.